The average Bonchev–Trinajstić information content (AvgIpc) is 3.63. The molecule has 3 atom stereocenters. The van der Waals surface area contributed by atoms with Crippen molar-refractivity contribution in [3.8, 4) is 11.5 Å². The van der Waals surface area contributed by atoms with Crippen LogP contribution in [0.1, 0.15) is 84.1 Å². The first-order chi connectivity index (χ1) is 19.8. The number of allylic oxidation sites excluding steroid dienone is 2. The molecule has 7 nitrogen and oxygen atoms in total. The van der Waals surface area contributed by atoms with Gasteiger partial charge < -0.3 is 30.1 Å². The van der Waals surface area contributed by atoms with Gasteiger partial charge in [0.2, 0.25) is 0 Å². The quantitative estimate of drug-likeness (QED) is 0.187. The zero-order chi connectivity index (χ0) is 29.2. The molecule has 1 aliphatic carbocycles. The van der Waals surface area contributed by atoms with Crippen LogP contribution in [0.25, 0.3) is 0 Å². The van der Waals surface area contributed by atoms with E-state index in [1.807, 2.05) is 24.4 Å². The molecule has 0 amide bonds. The van der Waals surface area contributed by atoms with Crippen LogP contribution >= 0.6 is 0 Å². The first-order valence-electron chi connectivity index (χ1n) is 15.6. The Bertz CT molecular complexity index is 1060. The van der Waals surface area contributed by atoms with Crippen molar-refractivity contribution in [2.45, 2.75) is 97.2 Å². The second-order valence-corrected chi connectivity index (χ2v) is 12.2. The third-order valence-corrected chi connectivity index (χ3v) is 8.71. The molecule has 0 aromatic heterocycles. The second-order valence-electron chi connectivity index (χ2n) is 12.2. The highest BCUT2D eigenvalue weighted by molar-refractivity contribution is 5.83. The molecule has 41 heavy (non-hydrogen) atoms. The summed E-state index contributed by atoms with van der Waals surface area (Å²) in [4.78, 5) is 4.88. The average molecular weight is 567 g/mol. The Balaban J connectivity index is 1.37. The molecule has 0 saturated heterocycles. The lowest BCUT2D eigenvalue weighted by Crippen LogP contribution is -2.33. The van der Waals surface area contributed by atoms with Crippen LogP contribution in [0.5, 0.6) is 11.5 Å². The summed E-state index contributed by atoms with van der Waals surface area (Å²) in [5, 5.41) is 33.3. The maximum atomic E-state index is 10.6. The van der Waals surface area contributed by atoms with Gasteiger partial charge in [-0.1, -0.05) is 57.3 Å². The number of aliphatic imine (C=N–C) groups is 1. The van der Waals surface area contributed by atoms with E-state index in [4.69, 9.17) is 14.5 Å². The number of benzene rings is 1. The highest BCUT2D eigenvalue weighted by Crippen LogP contribution is 2.46. The molecule has 4 rings (SSSR count). The monoisotopic (exact) mass is 566 g/mol. The molecule has 1 saturated carbocycles. The SMILES string of the molecule is CCCCC1OC(CCc2ccc(O)c(OCC3(C4=C[C+]([C@H](C)CNC[C@H](C)O)C=N4)CCCCC3)c2)=C[C-]1CO. The number of phenolic OH excluding ortho intramolecular Hbond substituents is 1. The van der Waals surface area contributed by atoms with Crippen LogP contribution in [0, 0.1) is 23.2 Å². The van der Waals surface area contributed by atoms with Crippen molar-refractivity contribution in [2.75, 3.05) is 26.3 Å². The van der Waals surface area contributed by atoms with Crippen molar-refractivity contribution in [1.29, 1.82) is 0 Å². The fraction of sp³-hybridized carbons (Fsp3) is 0.618. The van der Waals surface area contributed by atoms with E-state index >= 15 is 0 Å². The number of hydrogen-bond acceptors (Lipinski definition) is 7. The Labute approximate surface area is 246 Å². The minimum atomic E-state index is -0.359. The highest BCUT2D eigenvalue weighted by atomic mass is 16.5. The maximum Gasteiger partial charge on any atom is 0.184 e. The number of rotatable bonds is 16. The summed E-state index contributed by atoms with van der Waals surface area (Å²) < 4.78 is 12.5. The Morgan fingerprint density at radius 2 is 2.00 bits per heavy atom. The van der Waals surface area contributed by atoms with Gasteiger partial charge in [0.05, 0.1) is 12.0 Å². The van der Waals surface area contributed by atoms with Gasteiger partial charge in [-0.25, -0.2) is 0 Å². The minimum absolute atomic E-state index is 0.00542. The lowest BCUT2D eigenvalue weighted by Gasteiger charge is -2.32. The zero-order valence-corrected chi connectivity index (χ0v) is 25.2. The Hall–Kier alpha value is -2.61. The molecular weight excluding hydrogens is 516 g/mol. The second kappa shape index (κ2) is 15.0. The summed E-state index contributed by atoms with van der Waals surface area (Å²) in [6.45, 7) is 8.03. The Kier molecular flexibility index (Phi) is 11.5. The zero-order valence-electron chi connectivity index (χ0n) is 25.2. The summed E-state index contributed by atoms with van der Waals surface area (Å²) >= 11 is 0. The molecule has 0 spiro atoms. The van der Waals surface area contributed by atoms with Crippen LogP contribution in [-0.4, -0.2) is 60.0 Å². The molecule has 0 bridgehead atoms. The normalized spacial score (nSPS) is 21.4. The number of aryl methyl sites for hydroxylation is 1. The Morgan fingerprint density at radius 3 is 2.73 bits per heavy atom. The van der Waals surface area contributed by atoms with E-state index in [9.17, 15) is 15.3 Å². The van der Waals surface area contributed by atoms with Gasteiger partial charge in [-0.2, -0.15) is 12.0 Å². The third-order valence-electron chi connectivity index (χ3n) is 8.71. The predicted octanol–water partition coefficient (Wildman–Crippen LogP) is 5.84. The molecule has 1 unspecified atom stereocenters. The van der Waals surface area contributed by atoms with Crippen LogP contribution in [-0.2, 0) is 11.2 Å². The standard InChI is InChI=1S/C34H50N2O5/c1-4-5-9-31-28(22-37)17-29(41-31)12-10-26-11-13-30(39)32(16-26)40-23-34(14-7-6-8-15-34)33-18-27(21-36-33)24(2)19-35-20-25(3)38/h11,13,16-18,21,24-25,31,35,37-39H,4-10,12,14-15,19-20,22-23H2,1-3H3/t24-,25+,31?/m1/s1. The number of ether oxygens (including phenoxy) is 2. The number of aliphatic hydroxyl groups excluding tert-OH is 2. The van der Waals surface area contributed by atoms with Crippen molar-refractivity contribution >= 4 is 6.21 Å². The smallest absolute Gasteiger partial charge is 0.184 e. The van der Waals surface area contributed by atoms with Gasteiger partial charge in [-0.3, -0.25) is 0 Å². The topological polar surface area (TPSA) is 104 Å². The van der Waals surface area contributed by atoms with Crippen molar-refractivity contribution < 1.29 is 24.8 Å². The van der Waals surface area contributed by atoms with E-state index in [0.717, 1.165) is 87.3 Å². The van der Waals surface area contributed by atoms with Crippen molar-refractivity contribution in [2.24, 2.45) is 16.3 Å². The van der Waals surface area contributed by atoms with Crippen molar-refractivity contribution in [3.05, 3.63) is 59.2 Å². The van der Waals surface area contributed by atoms with E-state index in [2.05, 4.69) is 25.2 Å². The van der Waals surface area contributed by atoms with Gasteiger partial charge in [-0.15, -0.1) is 4.99 Å². The molecule has 7 heteroatoms. The summed E-state index contributed by atoms with van der Waals surface area (Å²) in [6.07, 6.45) is 16.1. The fourth-order valence-electron chi connectivity index (χ4n) is 6.08. The number of nitrogens with zero attached hydrogens (tertiary/aromatic N) is 1. The molecule has 226 valence electrons. The third kappa shape index (κ3) is 8.46. The van der Waals surface area contributed by atoms with Gasteiger partial charge in [-0.05, 0) is 57.2 Å². The van der Waals surface area contributed by atoms with Gasteiger partial charge in [0.1, 0.15) is 30.2 Å². The first kappa shape index (κ1) is 31.3. The molecule has 1 aromatic carbocycles. The van der Waals surface area contributed by atoms with E-state index in [1.54, 1.807) is 13.0 Å². The summed E-state index contributed by atoms with van der Waals surface area (Å²) in [6, 6.07) is 5.61. The molecule has 1 aromatic rings. The molecule has 4 N–H and O–H groups in total. The summed E-state index contributed by atoms with van der Waals surface area (Å²) in [5.41, 5.74) is 2.00. The number of hydrogen-bond donors (Lipinski definition) is 4. The van der Waals surface area contributed by atoms with Crippen LogP contribution in [0.15, 0.2) is 46.8 Å². The summed E-state index contributed by atoms with van der Waals surface area (Å²) in [5.74, 6) is 4.05. The van der Waals surface area contributed by atoms with E-state index in [0.29, 0.717) is 24.8 Å². The molecular formula is C34H50N2O5. The molecule has 1 fully saturated rings. The van der Waals surface area contributed by atoms with Gasteiger partial charge >= 0.3 is 0 Å². The van der Waals surface area contributed by atoms with Crippen LogP contribution < -0.4 is 10.1 Å². The molecule has 2 aliphatic heterocycles. The lowest BCUT2D eigenvalue weighted by atomic mass is 9.72. The van der Waals surface area contributed by atoms with Crippen LogP contribution in [0.2, 0.25) is 0 Å². The Morgan fingerprint density at radius 1 is 1.20 bits per heavy atom. The van der Waals surface area contributed by atoms with Gasteiger partial charge in [0.15, 0.2) is 17.2 Å². The molecule has 2 heterocycles. The largest absolute Gasteiger partial charge is 0.592 e. The molecule has 0 radical (unpaired) electrons. The van der Waals surface area contributed by atoms with E-state index < -0.39 is 0 Å². The summed E-state index contributed by atoms with van der Waals surface area (Å²) in [7, 11) is 0. The number of phenols is 1. The number of aliphatic hydroxyl groups is 2. The lowest BCUT2D eigenvalue weighted by molar-refractivity contribution is 0.123. The highest BCUT2D eigenvalue weighted by Gasteiger charge is 2.45. The minimum Gasteiger partial charge on any atom is -0.592 e. The van der Waals surface area contributed by atoms with Crippen molar-refractivity contribution in [1.82, 2.24) is 5.32 Å². The maximum absolute atomic E-state index is 10.6. The number of unbranched alkanes of at least 4 members (excludes halogenated alkanes) is 1. The van der Waals surface area contributed by atoms with Gasteiger partial charge in [0.25, 0.3) is 0 Å². The number of nitrogens with one attached hydrogen (secondary N) is 1. The van der Waals surface area contributed by atoms with E-state index in [-0.39, 0.29) is 30.0 Å². The molecule has 3 aliphatic rings. The van der Waals surface area contributed by atoms with Crippen LogP contribution in [0.3, 0.4) is 0 Å². The predicted molar refractivity (Wildman–Crippen MR) is 164 cm³/mol. The van der Waals surface area contributed by atoms with E-state index in [1.165, 1.54) is 12.3 Å². The van der Waals surface area contributed by atoms with Gasteiger partial charge in [0, 0.05) is 25.8 Å². The first-order valence-corrected chi connectivity index (χ1v) is 15.6. The fourth-order valence-corrected chi connectivity index (χ4v) is 6.08. The van der Waals surface area contributed by atoms with Crippen LogP contribution in [0.4, 0.5) is 0 Å². The van der Waals surface area contributed by atoms with Crippen molar-refractivity contribution in [3.63, 3.8) is 0 Å². The number of aromatic hydroxyl groups is 1.